The van der Waals surface area contributed by atoms with Crippen molar-refractivity contribution >= 4 is 5.78 Å². The van der Waals surface area contributed by atoms with Crippen LogP contribution < -0.4 is 0 Å². The summed E-state index contributed by atoms with van der Waals surface area (Å²) in [6, 6.07) is 0. The molecule has 0 unspecified atom stereocenters. The highest BCUT2D eigenvalue weighted by Gasteiger charge is 2.28. The standard InChI is InChI=1S/C10H18O/c1-6-7-9(11)10(4,5)8(2)3/h6-8H,1-5H3/b7-6-. The Hall–Kier alpha value is -0.590. The highest BCUT2D eigenvalue weighted by atomic mass is 16.1. The lowest BCUT2D eigenvalue weighted by molar-refractivity contribution is -0.124. The molecule has 0 spiro atoms. The van der Waals surface area contributed by atoms with Crippen LogP contribution in [0.4, 0.5) is 0 Å². The van der Waals surface area contributed by atoms with Gasteiger partial charge in [-0.15, -0.1) is 0 Å². The van der Waals surface area contributed by atoms with Crippen LogP contribution in [-0.4, -0.2) is 5.78 Å². The van der Waals surface area contributed by atoms with Gasteiger partial charge in [-0.2, -0.15) is 0 Å². The van der Waals surface area contributed by atoms with E-state index < -0.39 is 0 Å². The lowest BCUT2D eigenvalue weighted by Gasteiger charge is -2.25. The van der Waals surface area contributed by atoms with Gasteiger partial charge in [-0.25, -0.2) is 0 Å². The quantitative estimate of drug-likeness (QED) is 0.571. The van der Waals surface area contributed by atoms with E-state index in [-0.39, 0.29) is 11.2 Å². The summed E-state index contributed by atoms with van der Waals surface area (Å²) in [4.78, 5) is 11.4. The van der Waals surface area contributed by atoms with Crippen LogP contribution >= 0.6 is 0 Å². The first-order chi connectivity index (χ1) is 4.92. The van der Waals surface area contributed by atoms with Crippen LogP contribution in [0.5, 0.6) is 0 Å². The number of hydrogen-bond donors (Lipinski definition) is 0. The van der Waals surface area contributed by atoms with Gasteiger partial charge in [0.1, 0.15) is 0 Å². The SMILES string of the molecule is C/C=C\C(=O)C(C)(C)C(C)C. The number of ketones is 1. The largest absolute Gasteiger partial charge is 0.294 e. The van der Waals surface area contributed by atoms with Crippen molar-refractivity contribution in [3.63, 3.8) is 0 Å². The second kappa shape index (κ2) is 3.70. The van der Waals surface area contributed by atoms with Crippen molar-refractivity contribution in [2.75, 3.05) is 0 Å². The van der Waals surface area contributed by atoms with E-state index in [9.17, 15) is 4.79 Å². The third kappa shape index (κ3) is 2.49. The monoisotopic (exact) mass is 154 g/mol. The summed E-state index contributed by atoms with van der Waals surface area (Å²) in [5, 5.41) is 0. The van der Waals surface area contributed by atoms with Crippen molar-refractivity contribution in [2.24, 2.45) is 11.3 Å². The molecule has 0 bridgehead atoms. The molecule has 0 atom stereocenters. The highest BCUT2D eigenvalue weighted by molar-refractivity contribution is 5.94. The van der Waals surface area contributed by atoms with Crippen molar-refractivity contribution in [1.29, 1.82) is 0 Å². The second-order valence-corrected chi connectivity index (χ2v) is 3.74. The average molecular weight is 154 g/mol. The zero-order chi connectivity index (χ0) is 9.07. The molecule has 1 heteroatoms. The second-order valence-electron chi connectivity index (χ2n) is 3.74. The van der Waals surface area contributed by atoms with Crippen molar-refractivity contribution in [2.45, 2.75) is 34.6 Å². The molecular weight excluding hydrogens is 136 g/mol. The van der Waals surface area contributed by atoms with Gasteiger partial charge in [0.05, 0.1) is 0 Å². The predicted molar refractivity (Wildman–Crippen MR) is 48.4 cm³/mol. The van der Waals surface area contributed by atoms with Gasteiger partial charge in [0.25, 0.3) is 0 Å². The molecule has 0 aromatic rings. The molecule has 0 saturated carbocycles. The number of allylic oxidation sites excluding steroid dienone is 2. The molecule has 0 fully saturated rings. The summed E-state index contributed by atoms with van der Waals surface area (Å²) in [5.41, 5.74) is -0.216. The van der Waals surface area contributed by atoms with E-state index in [0.717, 1.165) is 0 Å². The number of hydrogen-bond acceptors (Lipinski definition) is 1. The van der Waals surface area contributed by atoms with Gasteiger partial charge in [0, 0.05) is 5.41 Å². The summed E-state index contributed by atoms with van der Waals surface area (Å²) in [7, 11) is 0. The molecule has 1 nitrogen and oxygen atoms in total. The summed E-state index contributed by atoms with van der Waals surface area (Å²) in [6.45, 7) is 9.98. The maximum Gasteiger partial charge on any atom is 0.161 e. The zero-order valence-electron chi connectivity index (χ0n) is 8.14. The minimum absolute atomic E-state index is 0.216. The van der Waals surface area contributed by atoms with Crippen LogP contribution in [-0.2, 0) is 4.79 Å². The van der Waals surface area contributed by atoms with E-state index in [4.69, 9.17) is 0 Å². The molecule has 0 aromatic heterocycles. The van der Waals surface area contributed by atoms with Crippen LogP contribution in [0.25, 0.3) is 0 Å². The maximum absolute atomic E-state index is 11.4. The van der Waals surface area contributed by atoms with Gasteiger partial charge < -0.3 is 0 Å². The molecule has 0 aliphatic rings. The van der Waals surface area contributed by atoms with Crippen molar-refractivity contribution in [1.82, 2.24) is 0 Å². The molecule has 0 N–H and O–H groups in total. The van der Waals surface area contributed by atoms with Crippen molar-refractivity contribution in [3.8, 4) is 0 Å². The Morgan fingerprint density at radius 3 is 2.09 bits per heavy atom. The first-order valence-corrected chi connectivity index (χ1v) is 4.10. The Balaban J connectivity index is 4.42. The molecule has 0 radical (unpaired) electrons. The van der Waals surface area contributed by atoms with Crippen LogP contribution in [0.2, 0.25) is 0 Å². The van der Waals surface area contributed by atoms with E-state index in [1.165, 1.54) is 0 Å². The van der Waals surface area contributed by atoms with Crippen LogP contribution in [0.3, 0.4) is 0 Å². The maximum atomic E-state index is 11.4. The summed E-state index contributed by atoms with van der Waals surface area (Å²) in [5.74, 6) is 0.612. The zero-order valence-corrected chi connectivity index (χ0v) is 8.14. The van der Waals surface area contributed by atoms with Crippen LogP contribution in [0.1, 0.15) is 34.6 Å². The molecule has 0 aliphatic carbocycles. The molecule has 0 aromatic carbocycles. The van der Waals surface area contributed by atoms with E-state index >= 15 is 0 Å². The first kappa shape index (κ1) is 10.4. The van der Waals surface area contributed by atoms with Gasteiger partial charge in [-0.1, -0.05) is 33.8 Å². The highest BCUT2D eigenvalue weighted by Crippen LogP contribution is 2.27. The Labute approximate surface area is 69.5 Å². The Kier molecular flexibility index (Phi) is 3.50. The predicted octanol–water partition coefficient (Wildman–Crippen LogP) is 2.81. The summed E-state index contributed by atoms with van der Waals surface area (Å²) >= 11 is 0. The number of rotatable bonds is 3. The minimum atomic E-state index is -0.216. The van der Waals surface area contributed by atoms with Gasteiger partial charge in [-0.3, -0.25) is 4.79 Å². The molecule has 0 rings (SSSR count). The van der Waals surface area contributed by atoms with E-state index in [1.54, 1.807) is 12.2 Å². The van der Waals surface area contributed by atoms with E-state index in [1.807, 2.05) is 20.8 Å². The molecular formula is C10H18O. The first-order valence-electron chi connectivity index (χ1n) is 4.10. The van der Waals surface area contributed by atoms with Crippen LogP contribution in [0.15, 0.2) is 12.2 Å². The minimum Gasteiger partial charge on any atom is -0.294 e. The fourth-order valence-corrected chi connectivity index (χ4v) is 0.651. The van der Waals surface area contributed by atoms with E-state index in [2.05, 4.69) is 13.8 Å². The van der Waals surface area contributed by atoms with Crippen LogP contribution in [0, 0.1) is 11.3 Å². The fraction of sp³-hybridized carbons (Fsp3) is 0.700. The molecule has 0 amide bonds. The van der Waals surface area contributed by atoms with Crippen molar-refractivity contribution in [3.05, 3.63) is 12.2 Å². The third-order valence-electron chi connectivity index (χ3n) is 2.40. The summed E-state index contributed by atoms with van der Waals surface area (Å²) < 4.78 is 0. The van der Waals surface area contributed by atoms with Gasteiger partial charge in [0.15, 0.2) is 5.78 Å². The Bertz CT molecular complexity index is 164. The molecule has 11 heavy (non-hydrogen) atoms. The number of carbonyl (C=O) groups is 1. The van der Waals surface area contributed by atoms with Gasteiger partial charge >= 0.3 is 0 Å². The smallest absolute Gasteiger partial charge is 0.161 e. The lowest BCUT2D eigenvalue weighted by atomic mass is 9.77. The van der Waals surface area contributed by atoms with E-state index in [0.29, 0.717) is 5.92 Å². The Morgan fingerprint density at radius 2 is 1.82 bits per heavy atom. The van der Waals surface area contributed by atoms with Gasteiger partial charge in [0.2, 0.25) is 0 Å². The molecule has 0 heterocycles. The third-order valence-corrected chi connectivity index (χ3v) is 2.40. The Morgan fingerprint density at radius 1 is 1.36 bits per heavy atom. The fourth-order valence-electron chi connectivity index (χ4n) is 0.651. The van der Waals surface area contributed by atoms with Crippen molar-refractivity contribution < 1.29 is 4.79 Å². The summed E-state index contributed by atoms with van der Waals surface area (Å²) in [6.07, 6.45) is 3.45. The molecule has 64 valence electrons. The van der Waals surface area contributed by atoms with Gasteiger partial charge in [-0.05, 0) is 18.9 Å². The normalized spacial score (nSPS) is 12.9. The topological polar surface area (TPSA) is 17.1 Å². The molecule has 0 aliphatic heterocycles. The number of carbonyl (C=O) groups excluding carboxylic acids is 1. The lowest BCUT2D eigenvalue weighted by Crippen LogP contribution is -2.28. The molecule has 0 saturated heterocycles. The average Bonchev–Trinajstić information content (AvgIpc) is 1.88.